The van der Waals surface area contributed by atoms with Gasteiger partial charge in [-0.05, 0) is 36.4 Å². The molecular formula is C19H17FN4O2. The Kier molecular flexibility index (Phi) is 3.64. The number of hydrogen-bond acceptors (Lipinski definition) is 4. The lowest BCUT2D eigenvalue weighted by molar-refractivity contribution is 0.411. The molecule has 1 aromatic heterocycles. The number of nitrogens with one attached hydrogen (secondary N) is 1. The summed E-state index contributed by atoms with van der Waals surface area (Å²) in [5.74, 6) is 1.03. The molecule has 2 aromatic carbocycles. The molecule has 1 aliphatic rings. The zero-order chi connectivity index (χ0) is 18.4. The van der Waals surface area contributed by atoms with Crippen LogP contribution >= 0.6 is 0 Å². The molecule has 0 radical (unpaired) electrons. The zero-order valence-electron chi connectivity index (χ0n) is 14.3. The molecule has 0 spiro atoms. The van der Waals surface area contributed by atoms with Gasteiger partial charge in [0.1, 0.15) is 29.0 Å². The van der Waals surface area contributed by atoms with E-state index in [0.717, 1.165) is 11.0 Å². The van der Waals surface area contributed by atoms with E-state index in [4.69, 9.17) is 10.1 Å². The average molecular weight is 352 g/mol. The van der Waals surface area contributed by atoms with Gasteiger partial charge >= 0.3 is 0 Å². The van der Waals surface area contributed by atoms with Gasteiger partial charge in [0.25, 0.3) is 0 Å². The number of halogens is 1. The minimum atomic E-state index is -0.346. The number of ether oxygens (including phenoxy) is 1. The maximum Gasteiger partial charge on any atom is 0.148 e. The smallest absolute Gasteiger partial charge is 0.148 e. The third-order valence-electron chi connectivity index (χ3n) is 4.55. The van der Waals surface area contributed by atoms with Gasteiger partial charge in [0.05, 0.1) is 30.3 Å². The van der Waals surface area contributed by atoms with Crippen molar-refractivity contribution in [3.63, 3.8) is 0 Å². The lowest BCUT2D eigenvalue weighted by Gasteiger charge is -2.18. The summed E-state index contributed by atoms with van der Waals surface area (Å²) >= 11 is 0. The van der Waals surface area contributed by atoms with E-state index in [-0.39, 0.29) is 24.0 Å². The number of hydrogen-bond donors (Lipinski definition) is 2. The van der Waals surface area contributed by atoms with Gasteiger partial charge in [0.2, 0.25) is 0 Å². The first-order valence-electron chi connectivity index (χ1n) is 8.04. The summed E-state index contributed by atoms with van der Waals surface area (Å²) in [6, 6.07) is 11.4. The van der Waals surface area contributed by atoms with E-state index in [9.17, 15) is 9.50 Å². The fourth-order valence-corrected chi connectivity index (χ4v) is 3.19. The number of aliphatic hydroxyl groups is 1. The van der Waals surface area contributed by atoms with E-state index in [1.807, 2.05) is 29.8 Å². The Morgan fingerprint density at radius 2 is 1.92 bits per heavy atom. The molecule has 2 heterocycles. The highest BCUT2D eigenvalue weighted by Gasteiger charge is 2.32. The zero-order valence-corrected chi connectivity index (χ0v) is 14.3. The second kappa shape index (κ2) is 5.87. The van der Waals surface area contributed by atoms with Gasteiger partial charge < -0.3 is 19.3 Å². The van der Waals surface area contributed by atoms with E-state index in [2.05, 4.69) is 4.98 Å². The summed E-state index contributed by atoms with van der Waals surface area (Å²) in [6.07, 6.45) is 0. The van der Waals surface area contributed by atoms with Crippen LogP contribution in [-0.4, -0.2) is 34.1 Å². The molecule has 4 rings (SSSR count). The molecule has 0 saturated carbocycles. The highest BCUT2D eigenvalue weighted by Crippen LogP contribution is 2.32. The van der Waals surface area contributed by atoms with Crippen molar-refractivity contribution in [2.24, 2.45) is 7.05 Å². The Labute approximate surface area is 149 Å². The van der Waals surface area contributed by atoms with E-state index < -0.39 is 0 Å². The third-order valence-corrected chi connectivity index (χ3v) is 4.55. The van der Waals surface area contributed by atoms with Gasteiger partial charge in [0.15, 0.2) is 0 Å². The molecule has 6 nitrogen and oxygen atoms in total. The summed E-state index contributed by atoms with van der Waals surface area (Å²) < 4.78 is 20.2. The SMILES string of the molecule is COc1ccc2c(c1)nc(C1=C(O)CN(c3ccc(F)cc3)C1=N)n2C. The maximum atomic E-state index is 13.2. The Morgan fingerprint density at radius 3 is 2.62 bits per heavy atom. The molecule has 0 unspecified atom stereocenters. The molecule has 0 fully saturated rings. The molecule has 0 bridgehead atoms. The molecule has 0 atom stereocenters. The van der Waals surface area contributed by atoms with Crippen molar-refractivity contribution in [2.75, 3.05) is 18.6 Å². The van der Waals surface area contributed by atoms with Crippen molar-refractivity contribution in [3.05, 3.63) is 59.9 Å². The first-order valence-corrected chi connectivity index (χ1v) is 8.04. The number of rotatable bonds is 3. The van der Waals surface area contributed by atoms with Crippen molar-refractivity contribution in [3.8, 4) is 5.75 Å². The van der Waals surface area contributed by atoms with Crippen LogP contribution < -0.4 is 9.64 Å². The molecule has 7 heteroatoms. The van der Waals surface area contributed by atoms with Gasteiger partial charge in [-0.15, -0.1) is 0 Å². The molecule has 0 saturated heterocycles. The molecule has 1 aliphatic heterocycles. The number of nitrogens with zero attached hydrogens (tertiary/aromatic N) is 3. The fourth-order valence-electron chi connectivity index (χ4n) is 3.19. The van der Waals surface area contributed by atoms with Crippen LogP contribution in [-0.2, 0) is 7.05 Å². The van der Waals surface area contributed by atoms with E-state index >= 15 is 0 Å². The predicted molar refractivity (Wildman–Crippen MR) is 98.3 cm³/mol. The molecule has 0 aliphatic carbocycles. The lowest BCUT2D eigenvalue weighted by atomic mass is 10.2. The first-order chi connectivity index (χ1) is 12.5. The Bertz CT molecular complexity index is 1050. The van der Waals surface area contributed by atoms with Crippen LogP contribution in [0.15, 0.2) is 48.2 Å². The Morgan fingerprint density at radius 1 is 1.19 bits per heavy atom. The third kappa shape index (κ3) is 2.40. The molecule has 0 amide bonds. The van der Waals surface area contributed by atoms with Gasteiger partial charge in [-0.1, -0.05) is 0 Å². The second-order valence-corrected chi connectivity index (χ2v) is 6.08. The number of amidine groups is 1. The summed E-state index contributed by atoms with van der Waals surface area (Å²) in [5.41, 5.74) is 2.59. The lowest BCUT2D eigenvalue weighted by Crippen LogP contribution is -2.26. The van der Waals surface area contributed by atoms with E-state index in [1.165, 1.54) is 12.1 Å². The fraction of sp³-hybridized carbons (Fsp3) is 0.158. The Hall–Kier alpha value is -3.35. The van der Waals surface area contributed by atoms with Crippen LogP contribution in [0.5, 0.6) is 5.75 Å². The highest BCUT2D eigenvalue weighted by atomic mass is 19.1. The van der Waals surface area contributed by atoms with Gasteiger partial charge in [-0.25, -0.2) is 9.37 Å². The number of aromatic nitrogens is 2. The van der Waals surface area contributed by atoms with Gasteiger partial charge in [0, 0.05) is 18.8 Å². The average Bonchev–Trinajstić information content (AvgIpc) is 3.11. The van der Waals surface area contributed by atoms with Gasteiger partial charge in [-0.2, -0.15) is 0 Å². The van der Waals surface area contributed by atoms with Gasteiger partial charge in [-0.3, -0.25) is 5.41 Å². The van der Waals surface area contributed by atoms with Crippen molar-refractivity contribution >= 4 is 28.1 Å². The molecule has 3 aromatic rings. The van der Waals surface area contributed by atoms with Crippen LogP contribution in [0, 0.1) is 11.2 Å². The van der Waals surface area contributed by atoms with Crippen LogP contribution in [0.25, 0.3) is 16.6 Å². The monoisotopic (exact) mass is 352 g/mol. The van der Waals surface area contributed by atoms with Crippen LogP contribution in [0.4, 0.5) is 10.1 Å². The number of fused-ring (bicyclic) bond motifs is 1. The number of benzene rings is 2. The second-order valence-electron chi connectivity index (χ2n) is 6.08. The summed E-state index contributed by atoms with van der Waals surface area (Å²) in [6.45, 7) is 0.145. The van der Waals surface area contributed by atoms with Crippen LogP contribution in [0.3, 0.4) is 0 Å². The van der Waals surface area contributed by atoms with Crippen molar-refractivity contribution in [1.82, 2.24) is 9.55 Å². The van der Waals surface area contributed by atoms with Crippen LogP contribution in [0.1, 0.15) is 5.82 Å². The quantitative estimate of drug-likeness (QED) is 0.757. The topological polar surface area (TPSA) is 74.4 Å². The number of anilines is 1. The van der Waals surface area contributed by atoms with Crippen molar-refractivity contribution in [1.29, 1.82) is 5.41 Å². The number of aryl methyl sites for hydroxylation is 1. The first kappa shape index (κ1) is 16.1. The summed E-state index contributed by atoms with van der Waals surface area (Å²) in [7, 11) is 3.43. The van der Waals surface area contributed by atoms with Crippen molar-refractivity contribution in [2.45, 2.75) is 0 Å². The largest absolute Gasteiger partial charge is 0.509 e. The standard InChI is InChI=1S/C19H17FN4O2/c1-23-15-8-7-13(26-2)9-14(15)22-19(23)17-16(25)10-24(18(17)21)12-5-3-11(20)4-6-12/h3-9,21,25H,10H2,1-2H3. The van der Waals surface area contributed by atoms with Crippen molar-refractivity contribution < 1.29 is 14.2 Å². The molecule has 132 valence electrons. The Balaban J connectivity index is 1.76. The molecular weight excluding hydrogens is 335 g/mol. The number of methoxy groups -OCH3 is 1. The molecule has 2 N–H and O–H groups in total. The van der Waals surface area contributed by atoms with E-state index in [0.29, 0.717) is 22.8 Å². The minimum absolute atomic E-state index is 0.0599. The maximum absolute atomic E-state index is 13.2. The normalized spacial score (nSPS) is 14.6. The number of aliphatic hydroxyl groups excluding tert-OH is 1. The minimum Gasteiger partial charge on any atom is -0.509 e. The predicted octanol–water partition coefficient (Wildman–Crippen LogP) is 3.49. The van der Waals surface area contributed by atoms with Crippen LogP contribution in [0.2, 0.25) is 0 Å². The molecule has 26 heavy (non-hydrogen) atoms. The highest BCUT2D eigenvalue weighted by molar-refractivity contribution is 6.30. The van der Waals surface area contributed by atoms with E-state index in [1.54, 1.807) is 24.1 Å². The number of imidazole rings is 1. The summed E-state index contributed by atoms with van der Waals surface area (Å²) in [4.78, 5) is 6.20. The summed E-state index contributed by atoms with van der Waals surface area (Å²) in [5, 5.41) is 19.0.